The Kier molecular flexibility index (Phi) is 5.51. The summed E-state index contributed by atoms with van der Waals surface area (Å²) in [6, 6.07) is 6.10. The van der Waals surface area contributed by atoms with Crippen molar-refractivity contribution in [1.82, 2.24) is 10.2 Å². The summed E-state index contributed by atoms with van der Waals surface area (Å²) in [5.41, 5.74) is 1.67. The van der Waals surface area contributed by atoms with Crippen LogP contribution in [0.15, 0.2) is 18.2 Å². The molecule has 0 bridgehead atoms. The highest BCUT2D eigenvalue weighted by molar-refractivity contribution is 5.49. The van der Waals surface area contributed by atoms with E-state index in [1.165, 1.54) is 0 Å². The van der Waals surface area contributed by atoms with Crippen LogP contribution < -0.4 is 10.2 Å². The highest BCUT2D eigenvalue weighted by Gasteiger charge is 2.20. The molecule has 0 amide bonds. The molecule has 0 saturated carbocycles. The smallest absolute Gasteiger partial charge is 0.146 e. The van der Waals surface area contributed by atoms with E-state index in [2.05, 4.69) is 17.3 Å². The van der Waals surface area contributed by atoms with Gasteiger partial charge in [-0.1, -0.05) is 6.07 Å². The second-order valence-electron chi connectivity index (χ2n) is 6.96. The monoisotopic (exact) mass is 321 g/mol. The molecule has 0 unspecified atom stereocenters. The molecular formula is C18H28FN3O. The maximum Gasteiger partial charge on any atom is 0.146 e. The summed E-state index contributed by atoms with van der Waals surface area (Å²) >= 11 is 0. The van der Waals surface area contributed by atoms with Crippen molar-refractivity contribution >= 4 is 5.69 Å². The van der Waals surface area contributed by atoms with E-state index in [1.807, 2.05) is 17.0 Å². The van der Waals surface area contributed by atoms with Crippen LogP contribution in [0.25, 0.3) is 0 Å². The lowest BCUT2D eigenvalue weighted by atomic mass is 10.0. The predicted octanol–water partition coefficient (Wildman–Crippen LogP) is 1.97. The average Bonchev–Trinajstić information content (AvgIpc) is 2.55. The van der Waals surface area contributed by atoms with Crippen LogP contribution in [0.4, 0.5) is 10.1 Å². The van der Waals surface area contributed by atoms with E-state index in [0.29, 0.717) is 11.7 Å². The third-order valence-electron chi connectivity index (χ3n) is 5.13. The van der Waals surface area contributed by atoms with Crippen molar-refractivity contribution in [2.24, 2.45) is 0 Å². The Morgan fingerprint density at radius 1 is 1.13 bits per heavy atom. The summed E-state index contributed by atoms with van der Waals surface area (Å²) < 4.78 is 14.4. The van der Waals surface area contributed by atoms with Gasteiger partial charge in [-0.3, -0.25) is 0 Å². The highest BCUT2D eigenvalue weighted by atomic mass is 19.1. The second-order valence-corrected chi connectivity index (χ2v) is 6.96. The molecular weight excluding hydrogens is 293 g/mol. The summed E-state index contributed by atoms with van der Waals surface area (Å²) in [5.74, 6) is -0.149. The molecule has 2 fully saturated rings. The third kappa shape index (κ3) is 4.43. The van der Waals surface area contributed by atoms with Crippen molar-refractivity contribution in [3.8, 4) is 0 Å². The van der Waals surface area contributed by atoms with Crippen LogP contribution in [0.5, 0.6) is 0 Å². The summed E-state index contributed by atoms with van der Waals surface area (Å²) in [6.45, 7) is 4.44. The number of hydrogen-bond donors (Lipinski definition) is 2. The van der Waals surface area contributed by atoms with E-state index >= 15 is 0 Å². The van der Waals surface area contributed by atoms with Crippen LogP contribution in [0.1, 0.15) is 31.2 Å². The molecule has 2 heterocycles. The molecule has 128 valence electrons. The minimum atomic E-state index is -0.229. The lowest BCUT2D eigenvalue weighted by Crippen LogP contribution is -2.40. The van der Waals surface area contributed by atoms with Gasteiger partial charge < -0.3 is 20.2 Å². The summed E-state index contributed by atoms with van der Waals surface area (Å²) in [7, 11) is 2.16. The number of aliphatic hydroxyl groups excluding tert-OH is 1. The summed E-state index contributed by atoms with van der Waals surface area (Å²) in [6.07, 6.45) is 3.53. The molecule has 0 radical (unpaired) electrons. The van der Waals surface area contributed by atoms with Crippen molar-refractivity contribution in [1.29, 1.82) is 0 Å². The molecule has 2 N–H and O–H groups in total. The lowest BCUT2D eigenvalue weighted by molar-refractivity contribution is 0.145. The van der Waals surface area contributed by atoms with Gasteiger partial charge in [-0.25, -0.2) is 4.39 Å². The maximum absolute atomic E-state index is 14.4. The fourth-order valence-corrected chi connectivity index (χ4v) is 3.50. The molecule has 0 atom stereocenters. The van der Waals surface area contributed by atoms with Crippen LogP contribution in [0, 0.1) is 5.82 Å². The van der Waals surface area contributed by atoms with Crippen LogP contribution in [0.2, 0.25) is 0 Å². The van der Waals surface area contributed by atoms with Crippen molar-refractivity contribution in [2.45, 2.75) is 44.4 Å². The molecule has 0 spiro atoms. The van der Waals surface area contributed by atoms with E-state index in [0.717, 1.165) is 64.0 Å². The molecule has 1 aromatic carbocycles. The first-order valence-electron chi connectivity index (χ1n) is 8.75. The minimum Gasteiger partial charge on any atom is -0.393 e. The van der Waals surface area contributed by atoms with Gasteiger partial charge >= 0.3 is 0 Å². The molecule has 5 heteroatoms. The van der Waals surface area contributed by atoms with Gasteiger partial charge in [0, 0.05) is 25.7 Å². The number of anilines is 1. The van der Waals surface area contributed by atoms with Gasteiger partial charge in [-0.15, -0.1) is 0 Å². The van der Waals surface area contributed by atoms with Gasteiger partial charge in [0.05, 0.1) is 11.8 Å². The standard InChI is InChI=1S/C18H28FN3O/c1-21-8-4-15(5-9-21)20-13-14-2-3-18(17(19)12-14)22-10-6-16(23)7-11-22/h2-3,12,15-16,20,23H,4-11,13H2,1H3. The lowest BCUT2D eigenvalue weighted by Gasteiger charge is -2.32. The van der Waals surface area contributed by atoms with E-state index < -0.39 is 0 Å². The van der Waals surface area contributed by atoms with Crippen LogP contribution in [-0.2, 0) is 6.54 Å². The van der Waals surface area contributed by atoms with E-state index in [1.54, 1.807) is 6.07 Å². The molecule has 0 aliphatic carbocycles. The molecule has 3 rings (SSSR count). The number of likely N-dealkylation sites (tertiary alicyclic amines) is 1. The molecule has 2 aliphatic heterocycles. The number of benzene rings is 1. The summed E-state index contributed by atoms with van der Waals surface area (Å²) in [4.78, 5) is 4.39. The second kappa shape index (κ2) is 7.60. The Labute approximate surface area is 138 Å². The predicted molar refractivity (Wildman–Crippen MR) is 91.2 cm³/mol. The van der Waals surface area contributed by atoms with E-state index in [-0.39, 0.29) is 11.9 Å². The van der Waals surface area contributed by atoms with Gasteiger partial charge in [0.15, 0.2) is 0 Å². The van der Waals surface area contributed by atoms with Gasteiger partial charge in [-0.2, -0.15) is 0 Å². The first kappa shape index (κ1) is 16.7. The highest BCUT2D eigenvalue weighted by Crippen LogP contribution is 2.24. The Bertz CT molecular complexity index is 509. The third-order valence-corrected chi connectivity index (χ3v) is 5.13. The first-order valence-corrected chi connectivity index (χ1v) is 8.75. The number of hydrogen-bond acceptors (Lipinski definition) is 4. The maximum atomic E-state index is 14.4. The Morgan fingerprint density at radius 3 is 2.48 bits per heavy atom. The zero-order chi connectivity index (χ0) is 16.2. The van der Waals surface area contributed by atoms with Crippen molar-refractivity contribution < 1.29 is 9.50 Å². The van der Waals surface area contributed by atoms with Gasteiger partial charge in [0.2, 0.25) is 0 Å². The van der Waals surface area contributed by atoms with Gasteiger partial charge in [0.25, 0.3) is 0 Å². The number of piperidine rings is 2. The number of rotatable bonds is 4. The van der Waals surface area contributed by atoms with Crippen molar-refractivity contribution in [2.75, 3.05) is 38.1 Å². The zero-order valence-corrected chi connectivity index (χ0v) is 14.0. The average molecular weight is 321 g/mol. The normalized spacial score (nSPS) is 21.8. The topological polar surface area (TPSA) is 38.7 Å². The largest absolute Gasteiger partial charge is 0.393 e. The number of aliphatic hydroxyl groups is 1. The summed E-state index contributed by atoms with van der Waals surface area (Å²) in [5, 5.41) is 13.1. The number of nitrogens with zero attached hydrogens (tertiary/aromatic N) is 2. The molecule has 2 aliphatic rings. The number of halogens is 1. The van der Waals surface area contributed by atoms with Crippen LogP contribution in [0.3, 0.4) is 0 Å². The van der Waals surface area contributed by atoms with Crippen molar-refractivity contribution in [3.05, 3.63) is 29.6 Å². The van der Waals surface area contributed by atoms with E-state index in [4.69, 9.17) is 0 Å². The van der Waals surface area contributed by atoms with Gasteiger partial charge in [0.1, 0.15) is 5.82 Å². The van der Waals surface area contributed by atoms with E-state index in [9.17, 15) is 9.50 Å². The fraction of sp³-hybridized carbons (Fsp3) is 0.667. The zero-order valence-electron chi connectivity index (χ0n) is 14.0. The Hall–Kier alpha value is -1.17. The van der Waals surface area contributed by atoms with Crippen molar-refractivity contribution in [3.63, 3.8) is 0 Å². The Balaban J connectivity index is 1.54. The quantitative estimate of drug-likeness (QED) is 0.889. The first-order chi connectivity index (χ1) is 11.1. The van der Waals surface area contributed by atoms with Crippen LogP contribution >= 0.6 is 0 Å². The van der Waals surface area contributed by atoms with Gasteiger partial charge in [-0.05, 0) is 63.5 Å². The SMILES string of the molecule is CN1CCC(NCc2ccc(N3CCC(O)CC3)c(F)c2)CC1. The number of nitrogens with one attached hydrogen (secondary N) is 1. The molecule has 2 saturated heterocycles. The molecule has 4 nitrogen and oxygen atoms in total. The molecule has 1 aromatic rings. The molecule has 23 heavy (non-hydrogen) atoms. The minimum absolute atomic E-state index is 0.149. The fourth-order valence-electron chi connectivity index (χ4n) is 3.50. The molecule has 0 aromatic heterocycles. The Morgan fingerprint density at radius 2 is 1.83 bits per heavy atom. The van der Waals surface area contributed by atoms with Crippen LogP contribution in [-0.4, -0.2) is 55.4 Å².